The zero-order valence-corrected chi connectivity index (χ0v) is 13.7. The zero-order valence-electron chi connectivity index (χ0n) is 13.7. The van der Waals surface area contributed by atoms with Crippen molar-refractivity contribution in [1.82, 2.24) is 9.80 Å². The van der Waals surface area contributed by atoms with Crippen molar-refractivity contribution in [3.05, 3.63) is 65.7 Å². The molecule has 0 saturated carbocycles. The summed E-state index contributed by atoms with van der Waals surface area (Å²) in [6.07, 6.45) is 0.802. The van der Waals surface area contributed by atoms with Gasteiger partial charge in [0.2, 0.25) is 6.41 Å². The Hall–Kier alpha value is -3.15. The fourth-order valence-electron chi connectivity index (χ4n) is 2.73. The highest BCUT2D eigenvalue weighted by Crippen LogP contribution is 2.13. The van der Waals surface area contributed by atoms with E-state index in [0.717, 1.165) is 6.41 Å². The molecule has 6 nitrogen and oxygen atoms in total. The van der Waals surface area contributed by atoms with Crippen molar-refractivity contribution in [2.45, 2.75) is 0 Å². The van der Waals surface area contributed by atoms with Gasteiger partial charge in [-0.05, 0) is 30.3 Å². The van der Waals surface area contributed by atoms with E-state index in [9.17, 15) is 14.4 Å². The van der Waals surface area contributed by atoms with Crippen molar-refractivity contribution >= 4 is 23.9 Å². The first-order chi connectivity index (χ1) is 12.2. The SMILES string of the molecule is O=CN1CCN(C(=O)c2cccc(C(=O)Nc3ccccc3)c2)CC1. The molecule has 1 N–H and O–H groups in total. The average Bonchev–Trinajstić information content (AvgIpc) is 2.68. The smallest absolute Gasteiger partial charge is 0.255 e. The van der Waals surface area contributed by atoms with Gasteiger partial charge in [-0.1, -0.05) is 24.3 Å². The van der Waals surface area contributed by atoms with Crippen LogP contribution in [0.3, 0.4) is 0 Å². The molecule has 3 rings (SSSR count). The predicted molar refractivity (Wildman–Crippen MR) is 94.4 cm³/mol. The maximum absolute atomic E-state index is 12.6. The van der Waals surface area contributed by atoms with Gasteiger partial charge in [0.05, 0.1) is 0 Å². The molecule has 0 bridgehead atoms. The fourth-order valence-corrected chi connectivity index (χ4v) is 2.73. The van der Waals surface area contributed by atoms with Crippen molar-refractivity contribution in [3.63, 3.8) is 0 Å². The second kappa shape index (κ2) is 7.61. The first-order valence-corrected chi connectivity index (χ1v) is 8.12. The summed E-state index contributed by atoms with van der Waals surface area (Å²) < 4.78 is 0. The normalized spacial score (nSPS) is 14.1. The van der Waals surface area contributed by atoms with Crippen LogP contribution in [0.2, 0.25) is 0 Å². The Morgan fingerprint density at radius 3 is 2.24 bits per heavy atom. The van der Waals surface area contributed by atoms with Crippen LogP contribution in [0.1, 0.15) is 20.7 Å². The minimum Gasteiger partial charge on any atom is -0.342 e. The molecular formula is C19H19N3O3. The average molecular weight is 337 g/mol. The molecule has 0 unspecified atom stereocenters. The minimum atomic E-state index is -0.258. The van der Waals surface area contributed by atoms with Crippen LogP contribution in [-0.4, -0.2) is 54.2 Å². The zero-order chi connectivity index (χ0) is 17.6. The van der Waals surface area contributed by atoms with E-state index in [4.69, 9.17) is 0 Å². The number of rotatable bonds is 4. The quantitative estimate of drug-likeness (QED) is 0.866. The van der Waals surface area contributed by atoms with Crippen LogP contribution in [0, 0.1) is 0 Å². The largest absolute Gasteiger partial charge is 0.342 e. The molecule has 1 heterocycles. The molecule has 2 aromatic rings. The lowest BCUT2D eigenvalue weighted by Crippen LogP contribution is -2.48. The number of piperazine rings is 1. The highest BCUT2D eigenvalue weighted by molar-refractivity contribution is 6.06. The molecular weight excluding hydrogens is 318 g/mol. The summed E-state index contributed by atoms with van der Waals surface area (Å²) in [6, 6.07) is 15.9. The summed E-state index contributed by atoms with van der Waals surface area (Å²) >= 11 is 0. The maximum atomic E-state index is 12.6. The number of carbonyl (C=O) groups is 3. The van der Waals surface area contributed by atoms with E-state index in [2.05, 4.69) is 5.32 Å². The van der Waals surface area contributed by atoms with Gasteiger partial charge in [-0.25, -0.2) is 0 Å². The van der Waals surface area contributed by atoms with Crippen LogP contribution in [-0.2, 0) is 4.79 Å². The van der Waals surface area contributed by atoms with Crippen LogP contribution >= 0.6 is 0 Å². The molecule has 2 aromatic carbocycles. The Morgan fingerprint density at radius 2 is 1.56 bits per heavy atom. The highest BCUT2D eigenvalue weighted by Gasteiger charge is 2.22. The van der Waals surface area contributed by atoms with Gasteiger partial charge < -0.3 is 15.1 Å². The summed E-state index contributed by atoms with van der Waals surface area (Å²) in [5, 5.41) is 2.81. The summed E-state index contributed by atoms with van der Waals surface area (Å²) in [5.74, 6) is -0.383. The molecule has 6 heteroatoms. The highest BCUT2D eigenvalue weighted by atomic mass is 16.2. The molecule has 0 atom stereocenters. The van der Waals surface area contributed by atoms with Crippen molar-refractivity contribution in [3.8, 4) is 0 Å². The van der Waals surface area contributed by atoms with Crippen LogP contribution in [0.5, 0.6) is 0 Å². The number of amides is 3. The van der Waals surface area contributed by atoms with Crippen LogP contribution in [0.4, 0.5) is 5.69 Å². The number of carbonyl (C=O) groups excluding carboxylic acids is 3. The third-order valence-electron chi connectivity index (χ3n) is 4.15. The summed E-state index contributed by atoms with van der Waals surface area (Å²) in [5.41, 5.74) is 1.61. The van der Waals surface area contributed by atoms with Gasteiger partial charge in [0.15, 0.2) is 0 Å². The Kier molecular flexibility index (Phi) is 5.09. The van der Waals surface area contributed by atoms with Crippen molar-refractivity contribution in [1.29, 1.82) is 0 Å². The Bertz CT molecular complexity index is 768. The Balaban J connectivity index is 1.69. The first-order valence-electron chi connectivity index (χ1n) is 8.12. The Morgan fingerprint density at radius 1 is 0.880 bits per heavy atom. The lowest BCUT2D eigenvalue weighted by Gasteiger charge is -2.32. The second-order valence-corrected chi connectivity index (χ2v) is 5.83. The number of anilines is 1. The third kappa shape index (κ3) is 4.03. The van der Waals surface area contributed by atoms with E-state index >= 15 is 0 Å². The van der Waals surface area contributed by atoms with Gasteiger partial charge in [-0.15, -0.1) is 0 Å². The van der Waals surface area contributed by atoms with Crippen molar-refractivity contribution in [2.24, 2.45) is 0 Å². The maximum Gasteiger partial charge on any atom is 0.255 e. The molecule has 0 spiro atoms. The Labute approximate surface area is 146 Å². The van der Waals surface area contributed by atoms with E-state index in [-0.39, 0.29) is 11.8 Å². The van der Waals surface area contributed by atoms with E-state index in [0.29, 0.717) is 43.0 Å². The van der Waals surface area contributed by atoms with Gasteiger partial charge in [-0.2, -0.15) is 0 Å². The standard InChI is InChI=1S/C19H19N3O3/c23-14-21-9-11-22(12-10-21)19(25)16-6-4-5-15(13-16)18(24)20-17-7-2-1-3-8-17/h1-8,13-14H,9-12H2,(H,20,24). The van der Waals surface area contributed by atoms with Crippen LogP contribution in [0.25, 0.3) is 0 Å². The molecule has 0 aromatic heterocycles. The molecule has 1 saturated heterocycles. The lowest BCUT2D eigenvalue weighted by atomic mass is 10.1. The topological polar surface area (TPSA) is 69.7 Å². The van der Waals surface area contributed by atoms with Gasteiger partial charge >= 0.3 is 0 Å². The van der Waals surface area contributed by atoms with E-state index < -0.39 is 0 Å². The van der Waals surface area contributed by atoms with Crippen molar-refractivity contribution in [2.75, 3.05) is 31.5 Å². The number of para-hydroxylation sites is 1. The number of nitrogens with one attached hydrogen (secondary N) is 1. The van der Waals surface area contributed by atoms with Gasteiger partial charge in [0.1, 0.15) is 0 Å². The first kappa shape index (κ1) is 16.7. The van der Waals surface area contributed by atoms with Crippen molar-refractivity contribution < 1.29 is 14.4 Å². The van der Waals surface area contributed by atoms with E-state index in [1.807, 2.05) is 18.2 Å². The second-order valence-electron chi connectivity index (χ2n) is 5.83. The lowest BCUT2D eigenvalue weighted by molar-refractivity contribution is -0.119. The van der Waals surface area contributed by atoms with Gasteiger partial charge in [0, 0.05) is 43.0 Å². The van der Waals surface area contributed by atoms with E-state index in [1.165, 1.54) is 0 Å². The summed E-state index contributed by atoms with van der Waals surface area (Å²) in [6.45, 7) is 2.06. The van der Waals surface area contributed by atoms with Gasteiger partial charge in [-0.3, -0.25) is 14.4 Å². The molecule has 0 aliphatic carbocycles. The molecule has 3 amide bonds. The number of hydrogen-bond donors (Lipinski definition) is 1. The molecule has 1 fully saturated rings. The monoisotopic (exact) mass is 337 g/mol. The predicted octanol–water partition coefficient (Wildman–Crippen LogP) is 1.85. The minimum absolute atomic E-state index is 0.125. The molecule has 128 valence electrons. The molecule has 0 radical (unpaired) electrons. The third-order valence-corrected chi connectivity index (χ3v) is 4.15. The number of nitrogens with zero attached hydrogens (tertiary/aromatic N) is 2. The molecule has 25 heavy (non-hydrogen) atoms. The van der Waals surface area contributed by atoms with E-state index in [1.54, 1.807) is 46.2 Å². The van der Waals surface area contributed by atoms with Crippen LogP contribution < -0.4 is 5.32 Å². The summed E-state index contributed by atoms with van der Waals surface area (Å²) in [7, 11) is 0. The molecule has 1 aliphatic heterocycles. The van der Waals surface area contributed by atoms with Crippen LogP contribution in [0.15, 0.2) is 54.6 Å². The number of benzene rings is 2. The fraction of sp³-hybridized carbons (Fsp3) is 0.211. The number of hydrogen-bond acceptors (Lipinski definition) is 3. The summed E-state index contributed by atoms with van der Waals surface area (Å²) in [4.78, 5) is 39.1. The van der Waals surface area contributed by atoms with Gasteiger partial charge in [0.25, 0.3) is 11.8 Å². The molecule has 1 aliphatic rings.